The number of hydrogen-bond donors (Lipinski definition) is 3. The Balaban J connectivity index is 0.950. The maximum atomic E-state index is 12.6. The van der Waals surface area contributed by atoms with Crippen LogP contribution < -0.4 is 0 Å². The van der Waals surface area contributed by atoms with Gasteiger partial charge in [0, 0.05) is 51.6 Å². The van der Waals surface area contributed by atoms with Crippen molar-refractivity contribution in [2.45, 2.75) is 169 Å². The van der Waals surface area contributed by atoms with Crippen LogP contribution in [-0.4, -0.2) is 125 Å². The summed E-state index contributed by atoms with van der Waals surface area (Å²) in [6, 6.07) is 0. The molecule has 2 spiro atoms. The first-order valence-electron chi connectivity index (χ1n) is 21.7. The van der Waals surface area contributed by atoms with Gasteiger partial charge in [0.05, 0.1) is 42.2 Å². The highest BCUT2D eigenvalue weighted by molar-refractivity contribution is 5.66. The molecule has 0 unspecified atom stereocenters. The highest BCUT2D eigenvalue weighted by Gasteiger charge is 2.84. The van der Waals surface area contributed by atoms with Crippen LogP contribution in [-0.2, 0) is 23.7 Å². The number of likely N-dealkylation sites (tertiary alicyclic amines) is 1. The van der Waals surface area contributed by atoms with Crippen LogP contribution in [0.25, 0.3) is 0 Å². The van der Waals surface area contributed by atoms with Gasteiger partial charge in [-0.3, -0.25) is 14.6 Å². The highest BCUT2D eigenvalue weighted by Crippen LogP contribution is 2.89. The number of nitrogens with zero attached hydrogens (tertiary/aromatic N) is 2. The number of aliphatic hydroxyl groups is 3. The molecule has 10 heteroatoms. The van der Waals surface area contributed by atoms with Crippen LogP contribution in [0.1, 0.15) is 121 Å². The smallest absolute Gasteiger partial charge is 0.303 e. The molecule has 0 aromatic rings. The molecule has 5 saturated carbocycles. The van der Waals surface area contributed by atoms with E-state index in [1.807, 2.05) is 13.8 Å². The number of rotatable bonds is 9. The van der Waals surface area contributed by atoms with E-state index in [-0.39, 0.29) is 52.0 Å². The molecule has 3 heterocycles. The van der Waals surface area contributed by atoms with Crippen LogP contribution in [0.15, 0.2) is 0 Å². The van der Waals surface area contributed by atoms with Crippen LogP contribution in [0.3, 0.4) is 0 Å². The monoisotopic (exact) mass is 759 g/mol. The predicted octanol–water partition coefficient (Wildman–Crippen LogP) is 5.25. The Bertz CT molecular complexity index is 1440. The zero-order chi connectivity index (χ0) is 39.0. The van der Waals surface area contributed by atoms with E-state index in [0.717, 1.165) is 58.5 Å². The van der Waals surface area contributed by atoms with Crippen molar-refractivity contribution in [3.8, 4) is 0 Å². The van der Waals surface area contributed by atoms with Crippen molar-refractivity contribution in [2.24, 2.45) is 56.7 Å². The molecular weight excluding hydrogens is 684 g/mol. The first kappa shape index (κ1) is 40.0. The zero-order valence-corrected chi connectivity index (χ0v) is 35.2. The van der Waals surface area contributed by atoms with Crippen molar-refractivity contribution in [1.82, 2.24) is 9.80 Å². The summed E-state index contributed by atoms with van der Waals surface area (Å²) in [5, 5.41) is 33.9. The maximum Gasteiger partial charge on any atom is 0.303 e. The molecule has 0 aromatic carbocycles. The van der Waals surface area contributed by atoms with Gasteiger partial charge in [0.1, 0.15) is 0 Å². The first-order chi connectivity index (χ1) is 25.1. The van der Waals surface area contributed by atoms with E-state index in [2.05, 4.69) is 44.4 Å². The lowest BCUT2D eigenvalue weighted by molar-refractivity contribution is -0.249. The summed E-state index contributed by atoms with van der Waals surface area (Å²) in [7, 11) is 0. The van der Waals surface area contributed by atoms with E-state index < -0.39 is 35.5 Å². The van der Waals surface area contributed by atoms with Gasteiger partial charge in [0.15, 0.2) is 12.4 Å². The van der Waals surface area contributed by atoms with Crippen molar-refractivity contribution in [3.63, 3.8) is 0 Å². The third kappa shape index (κ3) is 6.02. The van der Waals surface area contributed by atoms with Gasteiger partial charge in [-0.25, -0.2) is 0 Å². The van der Waals surface area contributed by atoms with Gasteiger partial charge < -0.3 is 34.3 Å². The second-order valence-electron chi connectivity index (χ2n) is 22.3. The topological polar surface area (TPSA) is 121 Å². The summed E-state index contributed by atoms with van der Waals surface area (Å²) in [5.41, 5.74) is -1.68. The average Bonchev–Trinajstić information content (AvgIpc) is 3.67. The van der Waals surface area contributed by atoms with E-state index in [9.17, 15) is 20.1 Å². The molecule has 8 rings (SSSR count). The lowest BCUT2D eigenvalue weighted by Crippen LogP contribution is -2.60. The molecule has 0 radical (unpaired) electrons. The zero-order valence-electron chi connectivity index (χ0n) is 35.2. The molecule has 3 saturated heterocycles. The van der Waals surface area contributed by atoms with Crippen LogP contribution in [0.5, 0.6) is 0 Å². The van der Waals surface area contributed by atoms with Crippen LogP contribution in [0.4, 0.5) is 0 Å². The van der Waals surface area contributed by atoms with Crippen molar-refractivity contribution in [2.75, 3.05) is 45.9 Å². The number of esters is 1. The molecule has 8 aliphatic rings. The number of carbonyl (C=O) groups excluding carboxylic acids is 1. The van der Waals surface area contributed by atoms with E-state index in [1.165, 1.54) is 32.6 Å². The number of carbonyl (C=O) groups is 1. The van der Waals surface area contributed by atoms with Crippen LogP contribution in [0.2, 0.25) is 0 Å². The van der Waals surface area contributed by atoms with E-state index in [1.54, 1.807) is 13.8 Å². The summed E-state index contributed by atoms with van der Waals surface area (Å²) in [6.07, 6.45) is 6.60. The Kier molecular flexibility index (Phi) is 9.67. The van der Waals surface area contributed by atoms with Crippen molar-refractivity contribution in [3.05, 3.63) is 0 Å². The Morgan fingerprint density at radius 1 is 0.944 bits per heavy atom. The second-order valence-corrected chi connectivity index (χ2v) is 22.3. The molecule has 10 nitrogen and oxygen atoms in total. The van der Waals surface area contributed by atoms with Gasteiger partial charge in [0.25, 0.3) is 0 Å². The first-order valence-corrected chi connectivity index (χ1v) is 21.7. The summed E-state index contributed by atoms with van der Waals surface area (Å²) in [6.45, 7) is 27.1. The van der Waals surface area contributed by atoms with Gasteiger partial charge >= 0.3 is 5.97 Å². The lowest BCUT2D eigenvalue weighted by Gasteiger charge is -2.64. The van der Waals surface area contributed by atoms with E-state index >= 15 is 0 Å². The van der Waals surface area contributed by atoms with E-state index in [0.29, 0.717) is 36.2 Å². The Morgan fingerprint density at radius 2 is 1.63 bits per heavy atom. The number of fused-ring (bicyclic) bond motifs is 4. The standard InChI is InChI=1S/C44H74N2O8/c1-26-19-29(37(40(7,8)50)52-27(2)47)53-35-34(26)41(9)15-16-44-24-43(44)14-13-32(39(5,6)30(43)11-12-31(44)42(41,10)36(35)48)54-33-23-45(17-18-51-33)20-28-21-46(22-28)25-38(3,4)49/h26,28-37,48-50H,11-25H2,1-10H3/t26-,29-,30+,31+,32+,33+,34+,35+,36+,37+,41-,42-,43-,44+/m1/s1. The fourth-order valence-electron chi connectivity index (χ4n) is 15.5. The summed E-state index contributed by atoms with van der Waals surface area (Å²) < 4.78 is 25.9. The molecule has 308 valence electrons. The fourth-order valence-corrected chi connectivity index (χ4v) is 15.5. The minimum atomic E-state index is -1.26. The van der Waals surface area contributed by atoms with Gasteiger partial charge in [-0.2, -0.15) is 0 Å². The molecule has 3 aliphatic heterocycles. The largest absolute Gasteiger partial charge is 0.457 e. The molecule has 54 heavy (non-hydrogen) atoms. The Morgan fingerprint density at radius 3 is 2.30 bits per heavy atom. The number of morpholine rings is 1. The number of β-amino-alcohol motifs (C(OH)–C–C–N with tert-alkyl or cyclic N) is 1. The third-order valence-corrected chi connectivity index (χ3v) is 17.7. The number of hydrogen-bond acceptors (Lipinski definition) is 10. The van der Waals surface area contributed by atoms with Gasteiger partial charge in [-0.05, 0) is 130 Å². The summed E-state index contributed by atoms with van der Waals surface area (Å²) in [4.78, 5) is 17.0. The molecule has 3 N–H and O–H groups in total. The second kappa shape index (κ2) is 13.1. The maximum absolute atomic E-state index is 12.6. The number of ether oxygens (including phenoxy) is 4. The Labute approximate surface area is 325 Å². The van der Waals surface area contributed by atoms with Gasteiger partial charge in [-0.15, -0.1) is 0 Å². The minimum Gasteiger partial charge on any atom is -0.457 e. The van der Waals surface area contributed by atoms with E-state index in [4.69, 9.17) is 18.9 Å². The van der Waals surface area contributed by atoms with Crippen LogP contribution in [0, 0.1) is 56.7 Å². The van der Waals surface area contributed by atoms with Crippen molar-refractivity contribution in [1.29, 1.82) is 0 Å². The fraction of sp³-hybridized carbons (Fsp3) is 0.977. The SMILES string of the molecule is CC(=O)O[C@@H]([C@H]1C[C@@H](C)[C@H]2[C@H](O1)[C@H](O)[C@@]1(C)[C@@H]3CC[C@H]4C(C)(C)[C@@H](O[C@H]5CN(CC6CN(CC(C)(C)O)C6)CCO5)CC[C@@]45C[C@@]35CC[C@]21C)C(C)(C)O. The third-order valence-electron chi connectivity index (χ3n) is 17.7. The summed E-state index contributed by atoms with van der Waals surface area (Å²) >= 11 is 0. The molecule has 0 bridgehead atoms. The average molecular weight is 759 g/mol. The molecular formula is C44H74N2O8. The molecule has 0 aromatic heterocycles. The van der Waals surface area contributed by atoms with Gasteiger partial charge in [0.2, 0.25) is 0 Å². The lowest BCUT2D eigenvalue weighted by atomic mass is 9.41. The van der Waals surface area contributed by atoms with Gasteiger partial charge in [-0.1, -0.05) is 34.6 Å². The molecule has 5 aliphatic carbocycles. The molecule has 0 amide bonds. The minimum absolute atomic E-state index is 0.0293. The molecule has 14 atom stereocenters. The molecule has 8 fully saturated rings. The van der Waals surface area contributed by atoms with Crippen molar-refractivity contribution >= 4 is 5.97 Å². The number of aliphatic hydroxyl groups excluding tert-OH is 1. The normalized spacial score (nSPS) is 48.4. The highest BCUT2D eigenvalue weighted by atomic mass is 16.7. The van der Waals surface area contributed by atoms with Crippen LogP contribution >= 0.6 is 0 Å². The quantitative estimate of drug-likeness (QED) is 0.269. The Hall–Kier alpha value is -0.850. The van der Waals surface area contributed by atoms with Crippen molar-refractivity contribution < 1.29 is 39.1 Å². The summed E-state index contributed by atoms with van der Waals surface area (Å²) in [5.74, 6) is 1.71. The predicted molar refractivity (Wildman–Crippen MR) is 205 cm³/mol.